The van der Waals surface area contributed by atoms with E-state index < -0.39 is 0 Å². The number of anilines is 3. The number of nitrogens with two attached hydrogens (primary N) is 1. The van der Waals surface area contributed by atoms with Crippen molar-refractivity contribution in [1.29, 1.82) is 0 Å². The van der Waals surface area contributed by atoms with Gasteiger partial charge in [0.1, 0.15) is 0 Å². The van der Waals surface area contributed by atoms with Crippen LogP contribution < -0.4 is 15.5 Å². The molecule has 3 aliphatic rings. The molecule has 142 valence electrons. The smallest absolute Gasteiger partial charge is 0.231 e. The molecule has 27 heavy (non-hydrogen) atoms. The number of nitrogen functional groups attached to an aromatic ring is 1. The number of aromatic nitrogens is 3. The first-order valence-corrected chi connectivity index (χ1v) is 10.7. The van der Waals surface area contributed by atoms with Crippen molar-refractivity contribution in [3.8, 4) is 11.4 Å². The molecule has 0 amide bonds. The number of benzene rings is 1. The maximum absolute atomic E-state index is 5.86. The summed E-state index contributed by atoms with van der Waals surface area (Å²) < 4.78 is 5.74. The van der Waals surface area contributed by atoms with Gasteiger partial charge in [0.15, 0.2) is 5.82 Å². The fourth-order valence-corrected chi connectivity index (χ4v) is 4.99. The van der Waals surface area contributed by atoms with E-state index >= 15 is 0 Å². The van der Waals surface area contributed by atoms with Crippen molar-refractivity contribution in [2.45, 2.75) is 24.9 Å². The van der Waals surface area contributed by atoms with E-state index in [-0.39, 0.29) is 0 Å². The van der Waals surface area contributed by atoms with Crippen LogP contribution in [-0.4, -0.2) is 64.8 Å². The van der Waals surface area contributed by atoms with E-state index in [4.69, 9.17) is 25.4 Å². The Morgan fingerprint density at radius 2 is 1.59 bits per heavy atom. The largest absolute Gasteiger partial charge is 0.399 e. The van der Waals surface area contributed by atoms with Gasteiger partial charge >= 0.3 is 0 Å². The summed E-state index contributed by atoms with van der Waals surface area (Å²) in [6.07, 6.45) is 2.28. The minimum atomic E-state index is 0.371. The zero-order chi connectivity index (χ0) is 18.2. The van der Waals surface area contributed by atoms with Crippen LogP contribution in [0.2, 0.25) is 0 Å². The fourth-order valence-electron chi connectivity index (χ4n) is 4.09. The second-order valence-corrected chi connectivity index (χ2v) is 8.53. The molecule has 5 rings (SSSR count). The normalized spacial score (nSPS) is 25.0. The Bertz CT molecular complexity index is 794. The summed E-state index contributed by atoms with van der Waals surface area (Å²) in [6, 6.07) is 8.50. The average molecular weight is 385 g/mol. The van der Waals surface area contributed by atoms with Crippen LogP contribution in [-0.2, 0) is 4.74 Å². The highest BCUT2D eigenvalue weighted by Gasteiger charge is 2.39. The van der Waals surface area contributed by atoms with Gasteiger partial charge in [-0.2, -0.15) is 26.7 Å². The number of rotatable bonds is 3. The zero-order valence-corrected chi connectivity index (χ0v) is 16.1. The number of fused-ring (bicyclic) bond motifs is 2. The lowest BCUT2D eigenvalue weighted by molar-refractivity contribution is 0.0897. The molecule has 2 N–H and O–H groups in total. The van der Waals surface area contributed by atoms with Crippen LogP contribution in [0.4, 0.5) is 17.6 Å². The molecule has 2 bridgehead atoms. The van der Waals surface area contributed by atoms with Gasteiger partial charge < -0.3 is 20.3 Å². The third-order valence-corrected chi connectivity index (χ3v) is 6.49. The summed E-state index contributed by atoms with van der Waals surface area (Å²) in [5, 5.41) is 0. The first kappa shape index (κ1) is 17.1. The Morgan fingerprint density at radius 1 is 0.926 bits per heavy atom. The van der Waals surface area contributed by atoms with Crippen LogP contribution in [0, 0.1) is 0 Å². The van der Waals surface area contributed by atoms with Crippen molar-refractivity contribution < 1.29 is 4.74 Å². The first-order valence-electron chi connectivity index (χ1n) is 9.59. The van der Waals surface area contributed by atoms with Gasteiger partial charge in [0.25, 0.3) is 0 Å². The molecule has 1 aromatic carbocycles. The minimum Gasteiger partial charge on any atom is -0.399 e. The van der Waals surface area contributed by atoms with Gasteiger partial charge in [-0.3, -0.25) is 0 Å². The Morgan fingerprint density at radius 3 is 2.30 bits per heavy atom. The van der Waals surface area contributed by atoms with Crippen molar-refractivity contribution in [2.24, 2.45) is 0 Å². The van der Waals surface area contributed by atoms with Gasteiger partial charge in [-0.1, -0.05) is 0 Å². The quantitative estimate of drug-likeness (QED) is 0.806. The highest BCUT2D eigenvalue weighted by atomic mass is 32.2. The number of hydrogen-bond donors (Lipinski definition) is 1. The highest BCUT2D eigenvalue weighted by Crippen LogP contribution is 2.33. The van der Waals surface area contributed by atoms with E-state index in [0.29, 0.717) is 12.1 Å². The monoisotopic (exact) mass is 384 g/mol. The van der Waals surface area contributed by atoms with Crippen LogP contribution in [0.15, 0.2) is 24.3 Å². The van der Waals surface area contributed by atoms with Gasteiger partial charge in [0, 0.05) is 35.8 Å². The third-order valence-electron chi connectivity index (χ3n) is 5.55. The van der Waals surface area contributed by atoms with Crippen LogP contribution in [0.1, 0.15) is 12.8 Å². The van der Waals surface area contributed by atoms with Crippen molar-refractivity contribution >= 4 is 29.3 Å². The molecular weight excluding hydrogens is 360 g/mol. The third kappa shape index (κ3) is 3.32. The summed E-state index contributed by atoms with van der Waals surface area (Å²) >= 11 is 1.98. The summed E-state index contributed by atoms with van der Waals surface area (Å²) in [6.45, 7) is 3.47. The molecule has 3 fully saturated rings. The molecule has 0 aliphatic carbocycles. The molecule has 2 atom stereocenters. The molecule has 2 unspecified atom stereocenters. The number of nitrogens with zero attached hydrogens (tertiary/aromatic N) is 5. The minimum absolute atomic E-state index is 0.371. The van der Waals surface area contributed by atoms with Gasteiger partial charge in [0.05, 0.1) is 25.3 Å². The van der Waals surface area contributed by atoms with Crippen LogP contribution in [0.5, 0.6) is 0 Å². The maximum atomic E-state index is 5.86. The lowest BCUT2D eigenvalue weighted by atomic mass is 10.2. The fraction of sp³-hybridized carbons (Fsp3) is 0.526. The van der Waals surface area contributed by atoms with E-state index in [1.54, 1.807) is 0 Å². The molecule has 2 aromatic rings. The summed E-state index contributed by atoms with van der Waals surface area (Å²) in [7, 11) is 0. The number of hydrogen-bond acceptors (Lipinski definition) is 8. The lowest BCUT2D eigenvalue weighted by Gasteiger charge is -2.35. The SMILES string of the molecule is Nc1ccc(-c2nc(N3CCSCC3)nc(N3C4CCC3COC4)n2)cc1. The second kappa shape index (κ2) is 7.16. The first-order chi connectivity index (χ1) is 13.3. The van der Waals surface area contributed by atoms with Gasteiger partial charge in [0.2, 0.25) is 11.9 Å². The van der Waals surface area contributed by atoms with Crippen LogP contribution >= 0.6 is 11.8 Å². The lowest BCUT2D eigenvalue weighted by Crippen LogP contribution is -2.47. The second-order valence-electron chi connectivity index (χ2n) is 7.31. The van der Waals surface area contributed by atoms with E-state index in [1.807, 2.05) is 36.0 Å². The van der Waals surface area contributed by atoms with Gasteiger partial charge in [-0.25, -0.2) is 0 Å². The number of ether oxygens (including phenoxy) is 1. The van der Waals surface area contributed by atoms with E-state index in [2.05, 4.69) is 9.80 Å². The Balaban J connectivity index is 1.57. The number of thioether (sulfide) groups is 1. The molecule has 0 radical (unpaired) electrons. The maximum Gasteiger partial charge on any atom is 0.231 e. The topological polar surface area (TPSA) is 80.4 Å². The number of morpholine rings is 1. The molecule has 7 nitrogen and oxygen atoms in total. The molecule has 3 saturated heterocycles. The van der Waals surface area contributed by atoms with Crippen molar-refractivity contribution in [3.05, 3.63) is 24.3 Å². The summed E-state index contributed by atoms with van der Waals surface area (Å²) in [5.74, 6) is 4.53. The van der Waals surface area contributed by atoms with Crippen LogP contribution in [0.25, 0.3) is 11.4 Å². The predicted molar refractivity (Wildman–Crippen MR) is 109 cm³/mol. The summed E-state index contributed by atoms with van der Waals surface area (Å²) in [5.41, 5.74) is 7.57. The van der Waals surface area contributed by atoms with E-state index in [0.717, 1.165) is 79.6 Å². The van der Waals surface area contributed by atoms with Crippen LogP contribution in [0.3, 0.4) is 0 Å². The molecule has 4 heterocycles. The summed E-state index contributed by atoms with van der Waals surface area (Å²) in [4.78, 5) is 19.2. The van der Waals surface area contributed by atoms with Gasteiger partial charge in [-0.15, -0.1) is 0 Å². The van der Waals surface area contributed by atoms with Gasteiger partial charge in [-0.05, 0) is 37.1 Å². The zero-order valence-electron chi connectivity index (χ0n) is 15.3. The molecule has 0 saturated carbocycles. The van der Waals surface area contributed by atoms with E-state index in [9.17, 15) is 0 Å². The van der Waals surface area contributed by atoms with Crippen molar-refractivity contribution in [2.75, 3.05) is 53.3 Å². The standard InChI is InChI=1S/C19H24N6OS/c20-14-3-1-13(2-4-14)17-21-18(24-7-9-27-10-8-24)23-19(22-17)25-15-5-6-16(25)12-26-11-15/h1-4,15-16H,5-12,20H2. The van der Waals surface area contributed by atoms with E-state index in [1.165, 1.54) is 0 Å². The van der Waals surface area contributed by atoms with Crippen molar-refractivity contribution in [3.63, 3.8) is 0 Å². The molecular formula is C19H24N6OS. The average Bonchev–Trinajstić information content (AvgIpc) is 2.97. The Labute approximate surface area is 163 Å². The highest BCUT2D eigenvalue weighted by molar-refractivity contribution is 7.99. The molecule has 1 aromatic heterocycles. The Kier molecular flexibility index (Phi) is 4.53. The molecule has 3 aliphatic heterocycles. The molecule has 8 heteroatoms. The van der Waals surface area contributed by atoms with Crippen molar-refractivity contribution in [1.82, 2.24) is 15.0 Å². The predicted octanol–water partition coefficient (Wildman–Crippen LogP) is 2.04. The molecule has 0 spiro atoms. The Hall–Kier alpha value is -2.06.